The number of halogens is 1. The van der Waals surface area contributed by atoms with Crippen LogP contribution >= 0.6 is 0 Å². The first-order valence-electron chi connectivity index (χ1n) is 12.4. The predicted molar refractivity (Wildman–Crippen MR) is 134 cm³/mol. The van der Waals surface area contributed by atoms with Crippen molar-refractivity contribution in [1.82, 2.24) is 14.7 Å². The molecule has 0 bridgehead atoms. The van der Waals surface area contributed by atoms with Gasteiger partial charge in [0.2, 0.25) is 5.88 Å². The molecule has 0 saturated heterocycles. The lowest BCUT2D eigenvalue weighted by Crippen LogP contribution is -2.36. The van der Waals surface area contributed by atoms with Crippen LogP contribution < -0.4 is 4.74 Å². The van der Waals surface area contributed by atoms with Gasteiger partial charge in [-0.1, -0.05) is 44.2 Å². The molecule has 1 saturated carbocycles. The second-order valence-electron chi connectivity index (χ2n) is 9.87. The number of aliphatic hydroxyl groups excluding tert-OH is 1. The van der Waals surface area contributed by atoms with Crippen LogP contribution in [-0.2, 0) is 11.3 Å². The molecule has 0 spiro atoms. The van der Waals surface area contributed by atoms with Crippen LogP contribution in [0.15, 0.2) is 54.6 Å². The molecular formula is C28H36FN3O3. The first-order valence-corrected chi connectivity index (χ1v) is 12.4. The second kappa shape index (κ2) is 11.8. The molecule has 0 aliphatic heterocycles. The van der Waals surface area contributed by atoms with E-state index in [1.807, 2.05) is 37.3 Å². The molecule has 1 N–H and O–H groups in total. The number of para-hydroxylation sites is 2. The summed E-state index contributed by atoms with van der Waals surface area (Å²) in [6, 6.07) is 16.1. The fourth-order valence-corrected chi connectivity index (χ4v) is 4.08. The maximum atomic E-state index is 14.5. The second-order valence-corrected chi connectivity index (χ2v) is 9.87. The van der Waals surface area contributed by atoms with Crippen molar-refractivity contribution in [1.29, 1.82) is 0 Å². The molecule has 35 heavy (non-hydrogen) atoms. The first-order chi connectivity index (χ1) is 16.9. The highest BCUT2D eigenvalue weighted by Gasteiger charge is 2.28. The molecule has 1 heterocycles. The zero-order valence-corrected chi connectivity index (χ0v) is 20.9. The monoisotopic (exact) mass is 481 g/mol. The van der Waals surface area contributed by atoms with E-state index in [0.717, 1.165) is 23.5 Å². The number of nitrogens with zero attached hydrogens (tertiary/aromatic N) is 3. The highest BCUT2D eigenvalue weighted by Crippen LogP contribution is 2.34. The first kappa shape index (κ1) is 25.4. The van der Waals surface area contributed by atoms with Gasteiger partial charge in [0.1, 0.15) is 0 Å². The third-order valence-corrected chi connectivity index (χ3v) is 6.01. The van der Waals surface area contributed by atoms with Crippen LogP contribution in [0.5, 0.6) is 11.6 Å². The SMILES string of the molecule is Cc1nn(-c2ccccc2)c(Oc2ccccc2F)c1CN(CC1CC1)C[C@H](O)COCC(C)C. The van der Waals surface area contributed by atoms with Crippen LogP contribution in [-0.4, -0.2) is 52.2 Å². The Balaban J connectivity index is 1.61. The Bertz CT molecular complexity index is 1080. The molecule has 1 fully saturated rings. The zero-order chi connectivity index (χ0) is 24.8. The van der Waals surface area contributed by atoms with Gasteiger partial charge in [0.25, 0.3) is 0 Å². The summed E-state index contributed by atoms with van der Waals surface area (Å²) < 4.78 is 28.1. The number of aromatic nitrogens is 2. The van der Waals surface area contributed by atoms with E-state index in [4.69, 9.17) is 14.6 Å². The average Bonchev–Trinajstić information content (AvgIpc) is 3.59. The third kappa shape index (κ3) is 7.13. The smallest absolute Gasteiger partial charge is 0.227 e. The largest absolute Gasteiger partial charge is 0.435 e. The molecule has 6 nitrogen and oxygen atoms in total. The fraction of sp³-hybridized carbons (Fsp3) is 0.464. The zero-order valence-electron chi connectivity index (χ0n) is 20.9. The van der Waals surface area contributed by atoms with Crippen molar-refractivity contribution in [2.45, 2.75) is 46.3 Å². The normalized spacial score (nSPS) is 14.6. The van der Waals surface area contributed by atoms with Gasteiger partial charge in [0.15, 0.2) is 11.6 Å². The van der Waals surface area contributed by atoms with E-state index < -0.39 is 11.9 Å². The van der Waals surface area contributed by atoms with E-state index in [1.54, 1.807) is 22.9 Å². The molecule has 1 atom stereocenters. The fourth-order valence-electron chi connectivity index (χ4n) is 4.08. The van der Waals surface area contributed by atoms with E-state index >= 15 is 0 Å². The Morgan fingerprint density at radius 2 is 1.80 bits per heavy atom. The van der Waals surface area contributed by atoms with Crippen LogP contribution in [0.3, 0.4) is 0 Å². The number of aryl methyl sites for hydroxylation is 1. The summed E-state index contributed by atoms with van der Waals surface area (Å²) in [7, 11) is 0. The molecule has 188 valence electrons. The van der Waals surface area contributed by atoms with Crippen molar-refractivity contribution in [3.05, 3.63) is 71.7 Å². The number of hydrogen-bond acceptors (Lipinski definition) is 5. The molecule has 0 unspecified atom stereocenters. The van der Waals surface area contributed by atoms with Gasteiger partial charge in [0.05, 0.1) is 29.7 Å². The number of aliphatic hydroxyl groups is 1. The Morgan fingerprint density at radius 3 is 2.49 bits per heavy atom. The van der Waals surface area contributed by atoms with E-state index in [0.29, 0.717) is 44.0 Å². The van der Waals surface area contributed by atoms with Crippen molar-refractivity contribution in [3.8, 4) is 17.3 Å². The highest BCUT2D eigenvalue weighted by molar-refractivity contribution is 5.43. The minimum Gasteiger partial charge on any atom is -0.435 e. The molecule has 1 aliphatic carbocycles. The van der Waals surface area contributed by atoms with Crippen LogP contribution in [0.25, 0.3) is 5.69 Å². The van der Waals surface area contributed by atoms with Gasteiger partial charge in [-0.15, -0.1) is 0 Å². The quantitative estimate of drug-likeness (QED) is 0.356. The minimum atomic E-state index is -0.590. The standard InChI is InChI=1S/C28H36FN3O3/c1-20(2)18-34-19-24(33)16-31(15-22-13-14-22)17-25-21(3)30-32(23-9-5-4-6-10-23)28(25)35-27-12-8-7-11-26(27)29/h4-12,20,22,24,33H,13-19H2,1-3H3/t24-/m0/s1. The summed E-state index contributed by atoms with van der Waals surface area (Å²) >= 11 is 0. The van der Waals surface area contributed by atoms with Crippen LogP contribution in [0.4, 0.5) is 4.39 Å². The van der Waals surface area contributed by atoms with Gasteiger partial charge in [-0.25, -0.2) is 9.07 Å². The van der Waals surface area contributed by atoms with Crippen LogP contribution in [0.2, 0.25) is 0 Å². The topological polar surface area (TPSA) is 59.8 Å². The molecule has 0 amide bonds. The van der Waals surface area contributed by atoms with Crippen molar-refractivity contribution in [2.24, 2.45) is 11.8 Å². The Kier molecular flexibility index (Phi) is 8.55. The Labute approximate surface area is 207 Å². The Hall–Kier alpha value is -2.74. The van der Waals surface area contributed by atoms with Gasteiger partial charge in [-0.05, 0) is 55.9 Å². The average molecular weight is 482 g/mol. The van der Waals surface area contributed by atoms with Crippen LogP contribution in [0.1, 0.15) is 37.9 Å². The van der Waals surface area contributed by atoms with Crippen molar-refractivity contribution in [3.63, 3.8) is 0 Å². The van der Waals surface area contributed by atoms with E-state index in [2.05, 4.69) is 18.7 Å². The van der Waals surface area contributed by atoms with Crippen molar-refractivity contribution < 1.29 is 19.0 Å². The summed E-state index contributed by atoms with van der Waals surface area (Å²) in [5, 5.41) is 15.4. The lowest BCUT2D eigenvalue weighted by Gasteiger charge is -2.25. The highest BCUT2D eigenvalue weighted by atomic mass is 19.1. The van der Waals surface area contributed by atoms with Gasteiger partial charge in [-0.3, -0.25) is 4.90 Å². The molecule has 7 heteroatoms. The van der Waals surface area contributed by atoms with Gasteiger partial charge in [-0.2, -0.15) is 5.10 Å². The molecule has 3 aromatic rings. The number of ether oxygens (including phenoxy) is 2. The number of hydrogen-bond donors (Lipinski definition) is 1. The Morgan fingerprint density at radius 1 is 1.09 bits per heavy atom. The van der Waals surface area contributed by atoms with Gasteiger partial charge < -0.3 is 14.6 Å². The molecular weight excluding hydrogens is 445 g/mol. The summed E-state index contributed by atoms with van der Waals surface area (Å²) in [5.41, 5.74) is 2.53. The van der Waals surface area contributed by atoms with Gasteiger partial charge >= 0.3 is 0 Å². The van der Waals surface area contributed by atoms with Gasteiger partial charge in [0, 0.05) is 26.2 Å². The third-order valence-electron chi connectivity index (χ3n) is 6.01. The van der Waals surface area contributed by atoms with Crippen LogP contribution in [0, 0.1) is 24.6 Å². The van der Waals surface area contributed by atoms with E-state index in [9.17, 15) is 9.50 Å². The summed E-state index contributed by atoms with van der Waals surface area (Å²) in [4.78, 5) is 2.24. The minimum absolute atomic E-state index is 0.154. The maximum Gasteiger partial charge on any atom is 0.227 e. The molecule has 2 aromatic carbocycles. The maximum absolute atomic E-state index is 14.5. The number of benzene rings is 2. The predicted octanol–water partition coefficient (Wildman–Crippen LogP) is 5.36. The molecule has 4 rings (SSSR count). The van der Waals surface area contributed by atoms with E-state index in [-0.39, 0.29) is 5.75 Å². The van der Waals surface area contributed by atoms with Crippen molar-refractivity contribution >= 4 is 0 Å². The lowest BCUT2D eigenvalue weighted by molar-refractivity contribution is 0.00609. The number of rotatable bonds is 13. The summed E-state index contributed by atoms with van der Waals surface area (Å²) in [6.45, 7) is 8.98. The molecule has 1 aromatic heterocycles. The summed E-state index contributed by atoms with van der Waals surface area (Å²) in [6.07, 6.45) is 1.82. The summed E-state index contributed by atoms with van der Waals surface area (Å²) in [5.74, 6) is 1.28. The molecule has 1 aliphatic rings. The van der Waals surface area contributed by atoms with E-state index in [1.165, 1.54) is 18.9 Å². The molecule has 0 radical (unpaired) electrons. The van der Waals surface area contributed by atoms with Crippen molar-refractivity contribution in [2.75, 3.05) is 26.3 Å². The lowest BCUT2D eigenvalue weighted by atomic mass is 10.2.